The number of nitrogens with one attached hydrogen (secondary N) is 1. The second kappa shape index (κ2) is 5.48. The fourth-order valence-corrected chi connectivity index (χ4v) is 1.98. The molecule has 2 rings (SSSR count). The first-order valence-electron chi connectivity index (χ1n) is 6.06. The van der Waals surface area contributed by atoms with Crippen LogP contribution in [0.3, 0.4) is 0 Å². The second-order valence-electron chi connectivity index (χ2n) is 4.41. The van der Waals surface area contributed by atoms with Gasteiger partial charge in [-0.15, -0.1) is 0 Å². The lowest BCUT2D eigenvalue weighted by atomic mass is 10.1. The normalized spacial score (nSPS) is 13.1. The van der Waals surface area contributed by atoms with Gasteiger partial charge in [0.2, 0.25) is 0 Å². The number of fused-ring (bicyclic) bond motifs is 1. The molecule has 0 fully saturated rings. The molecule has 1 heterocycles. The molecule has 18 heavy (non-hydrogen) atoms. The van der Waals surface area contributed by atoms with Crippen molar-refractivity contribution in [3.8, 4) is 0 Å². The van der Waals surface area contributed by atoms with E-state index in [0.29, 0.717) is 13.1 Å². The van der Waals surface area contributed by atoms with E-state index < -0.39 is 6.10 Å². The number of rotatable bonds is 5. The molecule has 1 unspecified atom stereocenters. The summed E-state index contributed by atoms with van der Waals surface area (Å²) in [5.41, 5.74) is 2.80. The maximum absolute atomic E-state index is 10.0. The van der Waals surface area contributed by atoms with Gasteiger partial charge in [-0.1, -0.05) is 6.07 Å². The van der Waals surface area contributed by atoms with E-state index in [-0.39, 0.29) is 6.61 Å². The molecule has 0 aliphatic heterocycles. The fourth-order valence-electron chi connectivity index (χ4n) is 1.98. The highest BCUT2D eigenvalue weighted by molar-refractivity contribution is 5.76. The van der Waals surface area contributed by atoms with Crippen molar-refractivity contribution in [3.63, 3.8) is 0 Å². The minimum Gasteiger partial charge on any atom is -0.395 e. The first-order valence-corrected chi connectivity index (χ1v) is 6.06. The Morgan fingerprint density at radius 1 is 1.44 bits per heavy atom. The van der Waals surface area contributed by atoms with Gasteiger partial charge < -0.3 is 20.1 Å². The van der Waals surface area contributed by atoms with Crippen LogP contribution in [0.25, 0.3) is 11.0 Å². The molecule has 98 valence electrons. The largest absolute Gasteiger partial charge is 0.395 e. The number of hydrogen-bond acceptors (Lipinski definition) is 4. The monoisotopic (exact) mass is 249 g/mol. The SMILES string of the molecule is Cc1nc2cc(C(O)CNCCO)ccc2n1C. The van der Waals surface area contributed by atoms with Crippen LogP contribution in [0.15, 0.2) is 18.2 Å². The number of aliphatic hydroxyl groups is 2. The fraction of sp³-hybridized carbons (Fsp3) is 0.462. The maximum atomic E-state index is 10.0. The summed E-state index contributed by atoms with van der Waals surface area (Å²) in [5.74, 6) is 0.954. The Hall–Kier alpha value is -1.43. The molecule has 0 spiro atoms. The Kier molecular flexibility index (Phi) is 3.96. The summed E-state index contributed by atoms with van der Waals surface area (Å²) in [5, 5.41) is 21.6. The van der Waals surface area contributed by atoms with Gasteiger partial charge >= 0.3 is 0 Å². The molecule has 0 amide bonds. The molecule has 1 aromatic heterocycles. The van der Waals surface area contributed by atoms with Gasteiger partial charge in [-0.2, -0.15) is 0 Å². The van der Waals surface area contributed by atoms with Crippen LogP contribution in [0.4, 0.5) is 0 Å². The zero-order chi connectivity index (χ0) is 13.1. The highest BCUT2D eigenvalue weighted by atomic mass is 16.3. The van der Waals surface area contributed by atoms with Crippen LogP contribution in [0, 0.1) is 6.92 Å². The molecule has 3 N–H and O–H groups in total. The van der Waals surface area contributed by atoms with E-state index in [1.807, 2.05) is 36.7 Å². The van der Waals surface area contributed by atoms with Crippen LogP contribution in [-0.4, -0.2) is 39.5 Å². The van der Waals surface area contributed by atoms with Crippen LogP contribution in [-0.2, 0) is 7.05 Å². The first-order chi connectivity index (χ1) is 8.63. The minimum atomic E-state index is -0.580. The highest BCUT2D eigenvalue weighted by Gasteiger charge is 2.10. The van der Waals surface area contributed by atoms with Crippen molar-refractivity contribution in [2.75, 3.05) is 19.7 Å². The van der Waals surface area contributed by atoms with Gasteiger partial charge in [0, 0.05) is 20.1 Å². The van der Waals surface area contributed by atoms with Crippen molar-refractivity contribution in [1.29, 1.82) is 0 Å². The average Bonchev–Trinajstić information content (AvgIpc) is 2.65. The van der Waals surface area contributed by atoms with Gasteiger partial charge in [0.05, 0.1) is 23.7 Å². The molecule has 5 nitrogen and oxygen atoms in total. The summed E-state index contributed by atoms with van der Waals surface area (Å²) >= 11 is 0. The summed E-state index contributed by atoms with van der Waals surface area (Å²) in [4.78, 5) is 4.44. The van der Waals surface area contributed by atoms with Crippen LogP contribution < -0.4 is 5.32 Å². The van der Waals surface area contributed by atoms with Crippen molar-refractivity contribution in [2.45, 2.75) is 13.0 Å². The Morgan fingerprint density at radius 2 is 2.22 bits per heavy atom. The Morgan fingerprint density at radius 3 is 2.94 bits per heavy atom. The number of aliphatic hydroxyl groups excluding tert-OH is 2. The quantitative estimate of drug-likeness (QED) is 0.675. The number of hydrogen-bond donors (Lipinski definition) is 3. The third kappa shape index (κ3) is 2.53. The number of aromatic nitrogens is 2. The van der Waals surface area contributed by atoms with E-state index in [4.69, 9.17) is 5.11 Å². The second-order valence-corrected chi connectivity index (χ2v) is 4.41. The molecule has 0 aliphatic carbocycles. The molecule has 5 heteroatoms. The molecular weight excluding hydrogens is 230 g/mol. The van der Waals surface area contributed by atoms with Crippen LogP contribution in [0.1, 0.15) is 17.5 Å². The summed E-state index contributed by atoms with van der Waals surface area (Å²) in [6.07, 6.45) is -0.580. The van der Waals surface area contributed by atoms with Crippen molar-refractivity contribution in [3.05, 3.63) is 29.6 Å². The smallest absolute Gasteiger partial charge is 0.106 e. The Labute approximate surface area is 106 Å². The molecule has 1 aromatic carbocycles. The molecule has 0 radical (unpaired) electrons. The molecule has 0 saturated carbocycles. The average molecular weight is 249 g/mol. The van der Waals surface area contributed by atoms with Crippen LogP contribution in [0.2, 0.25) is 0 Å². The summed E-state index contributed by atoms with van der Waals surface area (Å²) < 4.78 is 2.02. The lowest BCUT2D eigenvalue weighted by Gasteiger charge is -2.11. The highest BCUT2D eigenvalue weighted by Crippen LogP contribution is 2.20. The van der Waals surface area contributed by atoms with Crippen LogP contribution in [0.5, 0.6) is 0 Å². The molecule has 2 aromatic rings. The lowest BCUT2D eigenvalue weighted by Crippen LogP contribution is -2.24. The number of imidazole rings is 1. The number of aryl methyl sites for hydroxylation is 2. The molecule has 0 saturated heterocycles. The topological polar surface area (TPSA) is 70.3 Å². The predicted octanol–water partition coefficient (Wildman–Crippen LogP) is 0.497. The van der Waals surface area contributed by atoms with E-state index in [1.54, 1.807) is 0 Å². The molecule has 0 aliphatic rings. The zero-order valence-electron chi connectivity index (χ0n) is 10.7. The van der Waals surface area contributed by atoms with E-state index >= 15 is 0 Å². The van der Waals surface area contributed by atoms with Gasteiger partial charge in [-0.25, -0.2) is 4.98 Å². The molecule has 0 bridgehead atoms. The van der Waals surface area contributed by atoms with Crippen LogP contribution >= 0.6 is 0 Å². The zero-order valence-corrected chi connectivity index (χ0v) is 10.7. The van der Waals surface area contributed by atoms with Crippen molar-refractivity contribution < 1.29 is 10.2 Å². The van der Waals surface area contributed by atoms with Gasteiger partial charge in [0.15, 0.2) is 0 Å². The van der Waals surface area contributed by atoms with E-state index in [1.165, 1.54) is 0 Å². The lowest BCUT2D eigenvalue weighted by molar-refractivity contribution is 0.171. The maximum Gasteiger partial charge on any atom is 0.106 e. The van der Waals surface area contributed by atoms with E-state index in [9.17, 15) is 5.11 Å². The van der Waals surface area contributed by atoms with E-state index in [0.717, 1.165) is 22.4 Å². The van der Waals surface area contributed by atoms with Crippen molar-refractivity contribution >= 4 is 11.0 Å². The number of nitrogens with zero attached hydrogens (tertiary/aromatic N) is 2. The molecule has 1 atom stereocenters. The summed E-state index contributed by atoms with van der Waals surface area (Å²) in [7, 11) is 1.98. The van der Waals surface area contributed by atoms with E-state index in [2.05, 4.69) is 10.3 Å². The van der Waals surface area contributed by atoms with Gasteiger partial charge in [-0.05, 0) is 24.6 Å². The van der Waals surface area contributed by atoms with Crippen molar-refractivity contribution in [1.82, 2.24) is 14.9 Å². The Bertz CT molecular complexity index is 536. The standard InChI is InChI=1S/C13H19N3O2/c1-9-15-11-7-10(3-4-12(11)16(9)2)13(18)8-14-5-6-17/h3-4,7,13-14,17-18H,5-6,8H2,1-2H3. The van der Waals surface area contributed by atoms with Crippen molar-refractivity contribution in [2.24, 2.45) is 7.05 Å². The minimum absolute atomic E-state index is 0.0746. The predicted molar refractivity (Wildman–Crippen MR) is 70.4 cm³/mol. The van der Waals surface area contributed by atoms with Gasteiger partial charge in [0.25, 0.3) is 0 Å². The first kappa shape index (κ1) is 13.0. The third-order valence-corrected chi connectivity index (χ3v) is 3.14. The third-order valence-electron chi connectivity index (χ3n) is 3.14. The Balaban J connectivity index is 2.19. The van der Waals surface area contributed by atoms with Gasteiger partial charge in [0.1, 0.15) is 5.82 Å². The number of benzene rings is 1. The summed E-state index contributed by atoms with van der Waals surface area (Å²) in [6.45, 7) is 2.95. The van der Waals surface area contributed by atoms with Gasteiger partial charge in [-0.3, -0.25) is 0 Å². The molecular formula is C13H19N3O2. The summed E-state index contributed by atoms with van der Waals surface area (Å²) in [6, 6.07) is 5.79.